The molecule has 0 saturated carbocycles. The van der Waals surface area contributed by atoms with Crippen molar-refractivity contribution in [1.29, 1.82) is 0 Å². The zero-order valence-electron chi connectivity index (χ0n) is 12.4. The van der Waals surface area contributed by atoms with Crippen molar-refractivity contribution < 1.29 is 29.7 Å². The number of nitrogens with one attached hydrogen (secondary N) is 3. The number of nitrogens with zero attached hydrogens (tertiary/aromatic N) is 1. The van der Waals surface area contributed by atoms with Gasteiger partial charge in [0.1, 0.15) is 0 Å². The summed E-state index contributed by atoms with van der Waals surface area (Å²) < 4.78 is 0. The van der Waals surface area contributed by atoms with E-state index in [1.807, 2.05) is 10.9 Å². The van der Waals surface area contributed by atoms with Crippen molar-refractivity contribution in [3.05, 3.63) is 34.8 Å². The van der Waals surface area contributed by atoms with Crippen LogP contribution in [0.25, 0.3) is 0 Å². The van der Waals surface area contributed by atoms with Gasteiger partial charge < -0.3 is 26.4 Å². The number of carbonyl (C=O) groups excluding carboxylic acids is 2. The van der Waals surface area contributed by atoms with E-state index in [0.29, 0.717) is 0 Å². The van der Waals surface area contributed by atoms with Gasteiger partial charge in [-0.2, -0.15) is 0 Å². The minimum atomic E-state index is -1.46. The zero-order chi connectivity index (χ0) is 18.6. The first-order chi connectivity index (χ1) is 11.8. The van der Waals surface area contributed by atoms with Crippen LogP contribution in [0.1, 0.15) is 22.1 Å². The molecule has 0 aliphatic rings. The van der Waals surface area contributed by atoms with Gasteiger partial charge in [0.15, 0.2) is 22.7 Å². The SMILES string of the molecule is Nc1nc(C(NC(=O)NNC(=O)c2ccc(O)c(O)c2)C(=O)O)cs1. The number of thiazole rings is 1. The van der Waals surface area contributed by atoms with Gasteiger partial charge in [0.25, 0.3) is 5.91 Å². The number of phenolic OH excluding ortho intramolecular Hbond substituents is 2. The predicted octanol–water partition coefficient (Wildman–Crippen LogP) is -0.0936. The number of phenols is 2. The van der Waals surface area contributed by atoms with Crippen LogP contribution in [0, 0.1) is 0 Å². The smallest absolute Gasteiger partial charge is 0.334 e. The van der Waals surface area contributed by atoms with Gasteiger partial charge in [0.2, 0.25) is 0 Å². The summed E-state index contributed by atoms with van der Waals surface area (Å²) in [6, 6.07) is 0.834. The number of carboxylic acids is 1. The van der Waals surface area contributed by atoms with E-state index in [1.165, 1.54) is 11.4 Å². The highest BCUT2D eigenvalue weighted by atomic mass is 32.1. The maximum Gasteiger partial charge on any atom is 0.334 e. The van der Waals surface area contributed by atoms with Gasteiger partial charge in [-0.05, 0) is 18.2 Å². The van der Waals surface area contributed by atoms with Crippen LogP contribution < -0.4 is 21.9 Å². The Hall–Kier alpha value is -3.54. The second-order valence-electron chi connectivity index (χ2n) is 4.64. The van der Waals surface area contributed by atoms with E-state index >= 15 is 0 Å². The lowest BCUT2D eigenvalue weighted by Crippen LogP contribution is -2.49. The Morgan fingerprint density at radius 2 is 1.88 bits per heavy atom. The number of aliphatic carboxylic acids is 1. The number of anilines is 1. The lowest BCUT2D eigenvalue weighted by molar-refractivity contribution is -0.139. The minimum absolute atomic E-state index is 0.0416. The Labute approximate surface area is 144 Å². The number of hydrogen-bond acceptors (Lipinski definition) is 8. The first-order valence-corrected chi connectivity index (χ1v) is 7.48. The molecule has 3 amide bonds. The molecule has 2 aromatic rings. The number of hydrogen-bond donors (Lipinski definition) is 7. The number of nitrogens with two attached hydrogens (primary N) is 1. The number of hydrazine groups is 1. The van der Waals surface area contributed by atoms with Crippen LogP contribution in [-0.4, -0.2) is 38.2 Å². The van der Waals surface area contributed by atoms with E-state index in [0.717, 1.165) is 23.5 Å². The monoisotopic (exact) mass is 367 g/mol. The number of aromatic nitrogens is 1. The number of rotatable bonds is 4. The first kappa shape index (κ1) is 17.8. The topological polar surface area (TPSA) is 187 Å². The van der Waals surface area contributed by atoms with Crippen LogP contribution >= 0.6 is 11.3 Å². The third-order valence-electron chi connectivity index (χ3n) is 2.89. The number of benzene rings is 1. The highest BCUT2D eigenvalue weighted by molar-refractivity contribution is 7.13. The molecule has 1 aromatic carbocycles. The number of carboxylic acid groups (broad SMARTS) is 1. The Morgan fingerprint density at radius 1 is 1.16 bits per heavy atom. The van der Waals surface area contributed by atoms with Crippen molar-refractivity contribution >= 4 is 34.4 Å². The molecule has 1 atom stereocenters. The standard InChI is InChI=1S/C13H13N5O6S/c14-12-15-6(4-25-12)9(11(22)23)16-13(24)18-17-10(21)5-1-2-7(19)8(20)3-5/h1-4,9,19-20H,(H2,14,15)(H,17,21)(H,22,23)(H2,16,18,24). The van der Waals surface area contributed by atoms with Crippen LogP contribution in [0.3, 0.4) is 0 Å². The van der Waals surface area contributed by atoms with E-state index in [2.05, 4.69) is 10.3 Å². The van der Waals surface area contributed by atoms with E-state index in [9.17, 15) is 24.6 Å². The fourth-order valence-electron chi connectivity index (χ4n) is 1.71. The van der Waals surface area contributed by atoms with Gasteiger partial charge >= 0.3 is 12.0 Å². The van der Waals surface area contributed by atoms with E-state index in [1.54, 1.807) is 0 Å². The van der Waals surface area contributed by atoms with Gasteiger partial charge in [-0.15, -0.1) is 11.3 Å². The van der Waals surface area contributed by atoms with Crippen molar-refractivity contribution in [1.82, 2.24) is 21.2 Å². The normalized spacial score (nSPS) is 11.4. The van der Waals surface area contributed by atoms with Gasteiger partial charge in [0.05, 0.1) is 5.69 Å². The molecule has 1 aromatic heterocycles. The molecular formula is C13H13N5O6S. The number of carbonyl (C=O) groups is 3. The first-order valence-electron chi connectivity index (χ1n) is 6.60. The molecule has 132 valence electrons. The van der Waals surface area contributed by atoms with Crippen LogP contribution in [-0.2, 0) is 4.79 Å². The zero-order valence-corrected chi connectivity index (χ0v) is 13.2. The van der Waals surface area contributed by atoms with E-state index in [4.69, 9.17) is 10.8 Å². The summed E-state index contributed by atoms with van der Waals surface area (Å²) in [6.07, 6.45) is 0. The minimum Gasteiger partial charge on any atom is -0.504 e. The van der Waals surface area contributed by atoms with Gasteiger partial charge in [-0.1, -0.05) is 0 Å². The summed E-state index contributed by atoms with van der Waals surface area (Å²) in [7, 11) is 0. The molecule has 0 bridgehead atoms. The highest BCUT2D eigenvalue weighted by Gasteiger charge is 2.24. The quantitative estimate of drug-likeness (QED) is 0.288. The second-order valence-corrected chi connectivity index (χ2v) is 5.53. The third kappa shape index (κ3) is 4.48. The maximum atomic E-state index is 11.8. The molecule has 1 heterocycles. The summed E-state index contributed by atoms with van der Waals surface area (Å²) in [5.74, 6) is -3.08. The average molecular weight is 367 g/mol. The number of aromatic hydroxyl groups is 2. The molecule has 0 saturated heterocycles. The molecule has 8 N–H and O–H groups in total. The van der Waals surface area contributed by atoms with Crippen LogP contribution in [0.2, 0.25) is 0 Å². The largest absolute Gasteiger partial charge is 0.504 e. The molecule has 0 spiro atoms. The number of nitrogen functional groups attached to an aromatic ring is 1. The predicted molar refractivity (Wildman–Crippen MR) is 85.8 cm³/mol. The summed E-state index contributed by atoms with van der Waals surface area (Å²) in [6.45, 7) is 0. The van der Waals surface area contributed by atoms with Crippen LogP contribution in [0.5, 0.6) is 11.5 Å². The van der Waals surface area contributed by atoms with Crippen molar-refractivity contribution in [2.75, 3.05) is 5.73 Å². The molecule has 1 unspecified atom stereocenters. The van der Waals surface area contributed by atoms with Crippen LogP contribution in [0.15, 0.2) is 23.6 Å². The number of urea groups is 1. The van der Waals surface area contributed by atoms with Crippen LogP contribution in [0.4, 0.5) is 9.93 Å². The molecule has 11 nitrogen and oxygen atoms in total. The lowest BCUT2D eigenvalue weighted by atomic mass is 10.2. The van der Waals surface area contributed by atoms with E-state index in [-0.39, 0.29) is 16.4 Å². The molecule has 0 aliphatic carbocycles. The summed E-state index contributed by atoms with van der Waals surface area (Å²) >= 11 is 1.01. The van der Waals surface area contributed by atoms with Crippen molar-refractivity contribution in [3.63, 3.8) is 0 Å². The fourth-order valence-corrected chi connectivity index (χ4v) is 2.30. The molecule has 0 radical (unpaired) electrons. The Morgan fingerprint density at radius 3 is 2.44 bits per heavy atom. The highest BCUT2D eigenvalue weighted by Crippen LogP contribution is 2.24. The molecule has 25 heavy (non-hydrogen) atoms. The second kappa shape index (κ2) is 7.35. The number of amides is 3. The molecular weight excluding hydrogens is 354 g/mol. The third-order valence-corrected chi connectivity index (χ3v) is 3.58. The molecule has 12 heteroatoms. The molecule has 0 fully saturated rings. The lowest BCUT2D eigenvalue weighted by Gasteiger charge is -2.14. The Bertz CT molecular complexity index is 823. The summed E-state index contributed by atoms with van der Waals surface area (Å²) in [4.78, 5) is 38.6. The van der Waals surface area contributed by atoms with Crippen molar-refractivity contribution in [2.45, 2.75) is 6.04 Å². The van der Waals surface area contributed by atoms with Gasteiger partial charge in [-0.3, -0.25) is 10.2 Å². The summed E-state index contributed by atoms with van der Waals surface area (Å²) in [5.41, 5.74) is 9.40. The van der Waals surface area contributed by atoms with Gasteiger partial charge in [-0.25, -0.2) is 20.0 Å². The molecule has 2 rings (SSSR count). The Kier molecular flexibility index (Phi) is 5.24. The van der Waals surface area contributed by atoms with Crippen molar-refractivity contribution in [3.8, 4) is 11.5 Å². The maximum absolute atomic E-state index is 11.8. The van der Waals surface area contributed by atoms with E-state index < -0.39 is 35.4 Å². The fraction of sp³-hybridized carbons (Fsp3) is 0.0769. The summed E-state index contributed by atoms with van der Waals surface area (Å²) in [5, 5.41) is 31.3. The van der Waals surface area contributed by atoms with Gasteiger partial charge in [0, 0.05) is 10.9 Å². The average Bonchev–Trinajstić information content (AvgIpc) is 2.98. The molecule has 0 aliphatic heterocycles. The Balaban J connectivity index is 1.95. The van der Waals surface area contributed by atoms with Crippen molar-refractivity contribution in [2.24, 2.45) is 0 Å².